The molecule has 2 amide bonds. The van der Waals surface area contributed by atoms with E-state index in [-0.39, 0.29) is 17.4 Å². The molecule has 0 atom stereocenters. The summed E-state index contributed by atoms with van der Waals surface area (Å²) in [5, 5.41) is 5.15. The molecule has 0 saturated heterocycles. The van der Waals surface area contributed by atoms with Gasteiger partial charge in [0.15, 0.2) is 0 Å². The van der Waals surface area contributed by atoms with E-state index in [0.29, 0.717) is 31.0 Å². The molecular formula is C26H28N6O2S2. The number of fused-ring (bicyclic) bond motifs is 2. The van der Waals surface area contributed by atoms with Crippen molar-refractivity contribution in [2.24, 2.45) is 7.05 Å². The fourth-order valence-electron chi connectivity index (χ4n) is 4.59. The minimum atomic E-state index is -0.0541. The number of aryl methyl sites for hydroxylation is 1. The van der Waals surface area contributed by atoms with Gasteiger partial charge in [-0.15, -0.1) is 11.3 Å². The van der Waals surface area contributed by atoms with E-state index in [9.17, 15) is 9.59 Å². The van der Waals surface area contributed by atoms with Crippen molar-refractivity contribution in [2.45, 2.75) is 49.1 Å². The van der Waals surface area contributed by atoms with Crippen molar-refractivity contribution in [2.75, 3.05) is 11.9 Å². The molecule has 0 unspecified atom stereocenters. The number of hydrogen-bond acceptors (Lipinski definition) is 7. The molecule has 0 radical (unpaired) electrons. The van der Waals surface area contributed by atoms with E-state index in [1.54, 1.807) is 44.0 Å². The van der Waals surface area contributed by atoms with E-state index in [4.69, 9.17) is 0 Å². The number of nitrogens with zero attached hydrogens (tertiary/aromatic N) is 5. The van der Waals surface area contributed by atoms with Gasteiger partial charge in [-0.2, -0.15) is 5.10 Å². The largest absolute Gasteiger partial charge is 0.337 e. The lowest BCUT2D eigenvalue weighted by atomic mass is 10.1. The van der Waals surface area contributed by atoms with Gasteiger partial charge in [-0.1, -0.05) is 18.7 Å². The molecule has 6 rings (SSSR count). The Hall–Kier alpha value is -3.08. The number of nitrogens with one attached hydrogen (secondary N) is 1. The van der Waals surface area contributed by atoms with Crippen molar-refractivity contribution in [3.63, 3.8) is 0 Å². The van der Waals surface area contributed by atoms with Crippen LogP contribution in [-0.4, -0.2) is 44.0 Å². The number of carbonyl (C=O) groups is 2. The number of aromatic nitrogens is 2. The average molecular weight is 521 g/mol. The van der Waals surface area contributed by atoms with E-state index in [1.165, 1.54) is 0 Å². The molecule has 36 heavy (non-hydrogen) atoms. The Labute approximate surface area is 218 Å². The van der Waals surface area contributed by atoms with Crippen LogP contribution in [-0.2, 0) is 26.7 Å². The van der Waals surface area contributed by atoms with Crippen LogP contribution < -0.4 is 9.62 Å². The summed E-state index contributed by atoms with van der Waals surface area (Å²) < 4.78 is 6.33. The average Bonchev–Trinajstić information content (AvgIpc) is 3.15. The molecule has 4 heterocycles. The second-order valence-corrected chi connectivity index (χ2v) is 12.3. The number of anilines is 1. The van der Waals surface area contributed by atoms with Crippen LogP contribution in [0.25, 0.3) is 0 Å². The third-order valence-corrected chi connectivity index (χ3v) is 9.40. The first-order valence-corrected chi connectivity index (χ1v) is 13.5. The van der Waals surface area contributed by atoms with Crippen molar-refractivity contribution in [1.82, 2.24) is 24.3 Å². The SMILES string of the molecule is C=C1N(Cc2cnn(C)c2)C(=O)c2cc(SNC3(C)CC3)sc2N1Cc1ccc2c(c1)C(=O)N(C)C2. The third-order valence-electron chi connectivity index (χ3n) is 7.03. The molecule has 186 valence electrons. The first kappa shape index (κ1) is 23.3. The predicted molar refractivity (Wildman–Crippen MR) is 142 cm³/mol. The van der Waals surface area contributed by atoms with Gasteiger partial charge in [0, 0.05) is 43.5 Å². The maximum Gasteiger partial charge on any atom is 0.262 e. The van der Waals surface area contributed by atoms with Gasteiger partial charge in [-0.25, -0.2) is 0 Å². The van der Waals surface area contributed by atoms with E-state index in [2.05, 4.69) is 34.3 Å². The summed E-state index contributed by atoms with van der Waals surface area (Å²) in [5.41, 5.74) is 4.61. The summed E-state index contributed by atoms with van der Waals surface area (Å²) >= 11 is 3.20. The lowest BCUT2D eigenvalue weighted by Crippen LogP contribution is -2.42. The molecule has 2 aliphatic heterocycles. The Morgan fingerprint density at radius 2 is 1.86 bits per heavy atom. The Balaban J connectivity index is 1.34. The highest BCUT2D eigenvalue weighted by atomic mass is 32.2. The third kappa shape index (κ3) is 4.12. The van der Waals surface area contributed by atoms with E-state index >= 15 is 0 Å². The molecule has 2 aromatic heterocycles. The second-order valence-electron chi connectivity index (χ2n) is 10.1. The molecule has 8 nitrogen and oxygen atoms in total. The van der Waals surface area contributed by atoms with Gasteiger partial charge in [-0.3, -0.25) is 23.9 Å². The summed E-state index contributed by atoms with van der Waals surface area (Å²) in [4.78, 5) is 31.8. The predicted octanol–water partition coefficient (Wildman–Crippen LogP) is 4.35. The van der Waals surface area contributed by atoms with Crippen LogP contribution in [0.1, 0.15) is 57.2 Å². The Kier molecular flexibility index (Phi) is 5.51. The first-order chi connectivity index (χ1) is 17.2. The highest BCUT2D eigenvalue weighted by Crippen LogP contribution is 2.45. The van der Waals surface area contributed by atoms with E-state index in [0.717, 1.165) is 44.3 Å². The van der Waals surface area contributed by atoms with Crippen molar-refractivity contribution < 1.29 is 9.59 Å². The fourth-order valence-corrected chi connectivity index (χ4v) is 6.75. The van der Waals surface area contributed by atoms with Gasteiger partial charge in [0.1, 0.15) is 10.8 Å². The zero-order chi connectivity index (χ0) is 25.2. The topological polar surface area (TPSA) is 73.7 Å². The fraction of sp³-hybridized carbons (Fsp3) is 0.346. The number of hydrogen-bond donors (Lipinski definition) is 1. The molecule has 10 heteroatoms. The smallest absolute Gasteiger partial charge is 0.262 e. The second kappa shape index (κ2) is 8.50. The zero-order valence-corrected chi connectivity index (χ0v) is 22.2. The summed E-state index contributed by atoms with van der Waals surface area (Å²) in [7, 11) is 3.69. The lowest BCUT2D eigenvalue weighted by Gasteiger charge is -2.38. The number of benzene rings is 1. The summed E-state index contributed by atoms with van der Waals surface area (Å²) in [5.74, 6) is 0.621. The molecule has 1 N–H and O–H groups in total. The van der Waals surface area contributed by atoms with Crippen LogP contribution in [0.2, 0.25) is 0 Å². The van der Waals surface area contributed by atoms with Crippen LogP contribution in [0.4, 0.5) is 5.00 Å². The molecule has 1 aromatic carbocycles. The number of amides is 2. The standard InChI is InChI=1S/C26H28N6O2S2/c1-16-31(14-18-11-27-30(4)12-18)24(34)21-10-22(36-28-26(2)7-8-26)35-25(21)32(16)13-17-5-6-19-15-29(3)23(33)20(19)9-17/h5-6,9-12,28H,1,7-8,13-15H2,2-4H3. The first-order valence-electron chi connectivity index (χ1n) is 11.9. The van der Waals surface area contributed by atoms with Crippen molar-refractivity contribution >= 4 is 40.1 Å². The van der Waals surface area contributed by atoms with Crippen LogP contribution in [0.3, 0.4) is 0 Å². The van der Waals surface area contributed by atoms with Gasteiger partial charge in [0.05, 0.1) is 29.1 Å². The molecule has 3 aliphatic rings. The number of thiophene rings is 1. The molecule has 1 saturated carbocycles. The summed E-state index contributed by atoms with van der Waals surface area (Å²) in [6, 6.07) is 8.07. The van der Waals surface area contributed by atoms with Gasteiger partial charge >= 0.3 is 0 Å². The monoisotopic (exact) mass is 520 g/mol. The minimum Gasteiger partial charge on any atom is -0.337 e. The maximum atomic E-state index is 13.6. The quantitative estimate of drug-likeness (QED) is 0.467. The van der Waals surface area contributed by atoms with Crippen LogP contribution >= 0.6 is 23.3 Å². The van der Waals surface area contributed by atoms with Crippen LogP contribution in [0, 0.1) is 0 Å². The van der Waals surface area contributed by atoms with Crippen molar-refractivity contribution in [3.8, 4) is 0 Å². The van der Waals surface area contributed by atoms with Crippen molar-refractivity contribution in [3.05, 3.63) is 76.9 Å². The molecule has 1 fully saturated rings. The molecule has 0 spiro atoms. The van der Waals surface area contributed by atoms with Crippen molar-refractivity contribution in [1.29, 1.82) is 0 Å². The Morgan fingerprint density at radius 1 is 1.08 bits per heavy atom. The lowest BCUT2D eigenvalue weighted by molar-refractivity contribution is 0.0782. The highest BCUT2D eigenvalue weighted by Gasteiger charge is 2.39. The summed E-state index contributed by atoms with van der Waals surface area (Å²) in [6.45, 7) is 8.11. The minimum absolute atomic E-state index is 0.0489. The molecule has 0 bridgehead atoms. The summed E-state index contributed by atoms with van der Waals surface area (Å²) in [6.07, 6.45) is 6.02. The number of carbonyl (C=O) groups excluding carboxylic acids is 2. The zero-order valence-electron chi connectivity index (χ0n) is 20.6. The van der Waals surface area contributed by atoms with Crippen LogP contribution in [0.15, 0.2) is 53.3 Å². The molecule has 3 aromatic rings. The normalized spacial score (nSPS) is 18.2. The van der Waals surface area contributed by atoms with Crippen LogP contribution in [0.5, 0.6) is 0 Å². The van der Waals surface area contributed by atoms with Gasteiger partial charge < -0.3 is 9.80 Å². The highest BCUT2D eigenvalue weighted by molar-refractivity contribution is 7.99. The van der Waals surface area contributed by atoms with Gasteiger partial charge in [0.25, 0.3) is 11.8 Å². The molecule has 1 aliphatic carbocycles. The molecular weight excluding hydrogens is 492 g/mol. The Morgan fingerprint density at radius 3 is 2.58 bits per heavy atom. The van der Waals surface area contributed by atoms with E-state index in [1.807, 2.05) is 38.5 Å². The Bertz CT molecular complexity index is 1410. The van der Waals surface area contributed by atoms with E-state index < -0.39 is 0 Å². The van der Waals surface area contributed by atoms with Gasteiger partial charge in [-0.05, 0) is 55.0 Å². The number of rotatable bonds is 7. The van der Waals surface area contributed by atoms with Gasteiger partial charge in [0.2, 0.25) is 0 Å². The maximum absolute atomic E-state index is 13.6.